The summed E-state index contributed by atoms with van der Waals surface area (Å²) in [6, 6.07) is 2.13. The van der Waals surface area contributed by atoms with Crippen LogP contribution in [0.25, 0.3) is 11.3 Å². The third-order valence-corrected chi connectivity index (χ3v) is 5.45. The first-order chi connectivity index (χ1) is 11.9. The van der Waals surface area contributed by atoms with Gasteiger partial charge in [0.25, 0.3) is 0 Å². The number of hydrogen-bond acceptors (Lipinski definition) is 6. The number of esters is 1. The van der Waals surface area contributed by atoms with E-state index < -0.39 is 5.97 Å². The SMILES string of the molecule is COC(=O)/C=C/CCNC(=O)Cc1sc(C)nc1-c1cc(C)sc1C. The van der Waals surface area contributed by atoms with Crippen LogP contribution in [0.5, 0.6) is 0 Å². The number of carbonyl (C=O) groups is 2. The molecule has 0 aliphatic rings. The van der Waals surface area contributed by atoms with Gasteiger partial charge in [-0.2, -0.15) is 0 Å². The van der Waals surface area contributed by atoms with Crippen molar-refractivity contribution in [2.75, 3.05) is 13.7 Å². The molecule has 2 heterocycles. The zero-order valence-electron chi connectivity index (χ0n) is 14.8. The third kappa shape index (κ3) is 5.51. The fraction of sp³-hybridized carbons (Fsp3) is 0.389. The summed E-state index contributed by atoms with van der Waals surface area (Å²) in [6.07, 6.45) is 3.94. The van der Waals surface area contributed by atoms with E-state index in [1.165, 1.54) is 22.9 Å². The molecular formula is C18H22N2O3S2. The summed E-state index contributed by atoms with van der Waals surface area (Å²) in [5.74, 6) is -0.432. The van der Waals surface area contributed by atoms with Gasteiger partial charge in [0.2, 0.25) is 5.91 Å². The first kappa shape index (κ1) is 19.3. The minimum Gasteiger partial charge on any atom is -0.466 e. The Morgan fingerprint density at radius 2 is 2.04 bits per heavy atom. The van der Waals surface area contributed by atoms with Crippen molar-refractivity contribution < 1.29 is 14.3 Å². The summed E-state index contributed by atoms with van der Waals surface area (Å²) in [4.78, 5) is 31.2. The van der Waals surface area contributed by atoms with Gasteiger partial charge < -0.3 is 10.1 Å². The first-order valence-electron chi connectivity index (χ1n) is 7.95. The molecule has 2 rings (SSSR count). The lowest BCUT2D eigenvalue weighted by molar-refractivity contribution is -0.134. The first-order valence-corrected chi connectivity index (χ1v) is 9.59. The largest absolute Gasteiger partial charge is 0.466 e. The van der Waals surface area contributed by atoms with Crippen LogP contribution in [0.1, 0.15) is 26.1 Å². The lowest BCUT2D eigenvalue weighted by atomic mass is 10.1. The molecule has 0 aliphatic heterocycles. The van der Waals surface area contributed by atoms with Crippen molar-refractivity contribution >= 4 is 34.6 Å². The van der Waals surface area contributed by atoms with Crippen molar-refractivity contribution in [3.8, 4) is 11.3 Å². The average molecular weight is 379 g/mol. The number of aryl methyl sites for hydroxylation is 3. The van der Waals surface area contributed by atoms with Crippen LogP contribution in [-0.2, 0) is 20.7 Å². The van der Waals surface area contributed by atoms with Gasteiger partial charge in [-0.1, -0.05) is 6.08 Å². The minimum absolute atomic E-state index is 0.0408. The summed E-state index contributed by atoms with van der Waals surface area (Å²) in [6.45, 7) is 6.60. The molecule has 0 unspecified atom stereocenters. The van der Waals surface area contributed by atoms with Crippen molar-refractivity contribution in [2.24, 2.45) is 0 Å². The zero-order valence-corrected chi connectivity index (χ0v) is 16.5. The number of ether oxygens (including phenoxy) is 1. The molecule has 25 heavy (non-hydrogen) atoms. The molecule has 0 bridgehead atoms. The van der Waals surface area contributed by atoms with Crippen LogP contribution in [0.2, 0.25) is 0 Å². The Morgan fingerprint density at radius 3 is 2.68 bits per heavy atom. The van der Waals surface area contributed by atoms with E-state index in [0.29, 0.717) is 19.4 Å². The molecule has 134 valence electrons. The summed E-state index contributed by atoms with van der Waals surface area (Å²) >= 11 is 3.31. The van der Waals surface area contributed by atoms with Gasteiger partial charge in [-0.15, -0.1) is 22.7 Å². The van der Waals surface area contributed by atoms with Crippen LogP contribution in [0.3, 0.4) is 0 Å². The number of carbonyl (C=O) groups excluding carboxylic acids is 2. The van der Waals surface area contributed by atoms with Gasteiger partial charge in [0.1, 0.15) is 0 Å². The Morgan fingerprint density at radius 1 is 1.28 bits per heavy atom. The maximum atomic E-state index is 12.2. The summed E-state index contributed by atoms with van der Waals surface area (Å²) in [7, 11) is 1.33. The van der Waals surface area contributed by atoms with E-state index in [-0.39, 0.29) is 5.91 Å². The van der Waals surface area contributed by atoms with E-state index in [1.807, 2.05) is 6.92 Å². The van der Waals surface area contributed by atoms with Gasteiger partial charge in [0, 0.05) is 32.8 Å². The normalized spacial score (nSPS) is 11.0. The molecule has 0 saturated heterocycles. The number of nitrogens with one attached hydrogen (secondary N) is 1. The average Bonchev–Trinajstić information content (AvgIpc) is 3.07. The van der Waals surface area contributed by atoms with E-state index >= 15 is 0 Å². The maximum Gasteiger partial charge on any atom is 0.330 e. The van der Waals surface area contributed by atoms with E-state index in [4.69, 9.17) is 0 Å². The molecule has 0 aliphatic carbocycles. The van der Waals surface area contributed by atoms with Crippen molar-refractivity contribution in [3.63, 3.8) is 0 Å². The van der Waals surface area contributed by atoms with E-state index in [1.54, 1.807) is 28.7 Å². The molecule has 0 spiro atoms. The zero-order chi connectivity index (χ0) is 18.4. The lowest BCUT2D eigenvalue weighted by Crippen LogP contribution is -2.25. The monoisotopic (exact) mass is 378 g/mol. The summed E-state index contributed by atoms with van der Waals surface area (Å²) in [5, 5.41) is 3.83. The molecule has 0 fully saturated rings. The van der Waals surface area contributed by atoms with Crippen LogP contribution in [0.15, 0.2) is 18.2 Å². The standard InChI is InChI=1S/C18H22N2O3S2/c1-11-9-14(12(2)24-11)18-15(25-13(3)20-18)10-16(21)19-8-6-5-7-17(22)23-4/h5,7,9H,6,8,10H2,1-4H3,(H,19,21)/b7-5+. The molecule has 0 radical (unpaired) electrons. The highest BCUT2D eigenvalue weighted by atomic mass is 32.1. The Bertz CT molecular complexity index is 790. The second-order valence-electron chi connectivity index (χ2n) is 5.57. The predicted octanol–water partition coefficient (Wildman–Crippen LogP) is 3.57. The topological polar surface area (TPSA) is 68.3 Å². The van der Waals surface area contributed by atoms with Crippen LogP contribution in [-0.4, -0.2) is 30.5 Å². The van der Waals surface area contributed by atoms with Gasteiger partial charge in [-0.05, 0) is 33.3 Å². The fourth-order valence-electron chi connectivity index (χ4n) is 2.42. The third-order valence-electron chi connectivity index (χ3n) is 3.51. The highest BCUT2D eigenvalue weighted by Gasteiger charge is 2.17. The van der Waals surface area contributed by atoms with Crippen molar-refractivity contribution in [2.45, 2.75) is 33.6 Å². The van der Waals surface area contributed by atoms with Crippen molar-refractivity contribution in [3.05, 3.63) is 37.9 Å². The number of thiazole rings is 1. The number of nitrogens with zero attached hydrogens (tertiary/aromatic N) is 1. The van der Waals surface area contributed by atoms with E-state index in [0.717, 1.165) is 21.1 Å². The molecule has 5 nitrogen and oxygen atoms in total. The number of rotatable bonds is 7. The van der Waals surface area contributed by atoms with E-state index in [9.17, 15) is 9.59 Å². The quantitative estimate of drug-likeness (QED) is 0.454. The van der Waals surface area contributed by atoms with Gasteiger partial charge in [-0.25, -0.2) is 9.78 Å². The van der Waals surface area contributed by atoms with Crippen molar-refractivity contribution in [1.29, 1.82) is 0 Å². The molecular weight excluding hydrogens is 356 g/mol. The molecule has 2 aromatic rings. The molecule has 0 atom stereocenters. The summed E-state index contributed by atoms with van der Waals surface area (Å²) < 4.78 is 4.51. The smallest absolute Gasteiger partial charge is 0.330 e. The number of thiophene rings is 1. The van der Waals surface area contributed by atoms with E-state index in [2.05, 4.69) is 35.0 Å². The van der Waals surface area contributed by atoms with Gasteiger partial charge in [0.05, 0.1) is 24.2 Å². The predicted molar refractivity (Wildman–Crippen MR) is 102 cm³/mol. The Balaban J connectivity index is 1.96. The van der Waals surface area contributed by atoms with Gasteiger partial charge in [0.15, 0.2) is 0 Å². The number of hydrogen-bond donors (Lipinski definition) is 1. The molecule has 7 heteroatoms. The number of aromatic nitrogens is 1. The number of methoxy groups -OCH3 is 1. The second kappa shape index (κ2) is 8.92. The van der Waals surface area contributed by atoms with Crippen molar-refractivity contribution in [1.82, 2.24) is 10.3 Å². The minimum atomic E-state index is -0.391. The summed E-state index contributed by atoms with van der Waals surface area (Å²) in [5.41, 5.74) is 2.04. The Hall–Kier alpha value is -1.99. The molecule has 0 saturated carbocycles. The van der Waals surface area contributed by atoms with Crippen LogP contribution < -0.4 is 5.32 Å². The van der Waals surface area contributed by atoms with Crippen LogP contribution >= 0.6 is 22.7 Å². The Labute approximate surface area is 155 Å². The second-order valence-corrected chi connectivity index (χ2v) is 8.32. The van der Waals surface area contributed by atoms with Gasteiger partial charge in [-0.3, -0.25) is 4.79 Å². The Kier molecular flexibility index (Phi) is 6.90. The van der Waals surface area contributed by atoms with Gasteiger partial charge >= 0.3 is 5.97 Å². The highest BCUT2D eigenvalue weighted by Crippen LogP contribution is 2.34. The molecule has 2 aromatic heterocycles. The fourth-order valence-corrected chi connectivity index (χ4v) is 4.29. The molecule has 0 aromatic carbocycles. The number of amides is 1. The maximum absolute atomic E-state index is 12.2. The lowest BCUT2D eigenvalue weighted by Gasteiger charge is -2.04. The highest BCUT2D eigenvalue weighted by molar-refractivity contribution is 7.13. The van der Waals surface area contributed by atoms with Crippen LogP contribution in [0.4, 0.5) is 0 Å². The van der Waals surface area contributed by atoms with Crippen LogP contribution in [0, 0.1) is 20.8 Å². The molecule has 1 N–H and O–H groups in total. The molecule has 1 amide bonds.